The maximum absolute atomic E-state index is 11.7. The fourth-order valence-corrected chi connectivity index (χ4v) is 1.76. The Bertz CT molecular complexity index is 343. The van der Waals surface area contributed by atoms with Crippen molar-refractivity contribution in [1.29, 1.82) is 0 Å². The van der Waals surface area contributed by atoms with E-state index in [4.69, 9.17) is 4.74 Å². The molecule has 0 saturated carbocycles. The molecule has 1 aromatic rings. The Kier molecular flexibility index (Phi) is 6.08. The maximum Gasteiger partial charge on any atom is 0.338 e. The molecule has 0 spiro atoms. The molecule has 0 bridgehead atoms. The van der Waals surface area contributed by atoms with E-state index in [1.54, 1.807) is 12.1 Å². The van der Waals surface area contributed by atoms with Gasteiger partial charge in [-0.25, -0.2) is 4.79 Å². The van der Waals surface area contributed by atoms with Crippen LogP contribution in [0.4, 0.5) is 0 Å². The van der Waals surface area contributed by atoms with Gasteiger partial charge in [-0.2, -0.15) is 0 Å². The number of hydrogen-bond acceptors (Lipinski definition) is 2. The van der Waals surface area contributed by atoms with Crippen LogP contribution in [0.2, 0.25) is 0 Å². The van der Waals surface area contributed by atoms with E-state index in [-0.39, 0.29) is 5.97 Å². The minimum absolute atomic E-state index is 0.240. The molecule has 17 heavy (non-hydrogen) atoms. The summed E-state index contributed by atoms with van der Waals surface area (Å²) in [5.41, 5.74) is 0.612. The Morgan fingerprint density at radius 3 is 2.71 bits per heavy atom. The zero-order chi connectivity index (χ0) is 12.5. The van der Waals surface area contributed by atoms with Gasteiger partial charge in [0.05, 0.1) is 12.2 Å². The minimum atomic E-state index is -0.240. The van der Waals surface area contributed by atoms with E-state index in [0.29, 0.717) is 18.1 Å². The predicted molar refractivity (Wildman–Crippen MR) is 69.9 cm³/mol. The summed E-state index contributed by atoms with van der Waals surface area (Å²) in [6, 6.07) is 9.09. The molecule has 0 aliphatic rings. The fraction of sp³-hybridized carbons (Fsp3) is 0.400. The molecular formula is C15H20O2. The molecule has 92 valence electrons. The molecule has 0 N–H and O–H groups in total. The summed E-state index contributed by atoms with van der Waals surface area (Å²) in [4.78, 5) is 11.7. The monoisotopic (exact) mass is 232 g/mol. The van der Waals surface area contributed by atoms with Gasteiger partial charge in [0, 0.05) is 0 Å². The fourth-order valence-electron chi connectivity index (χ4n) is 1.76. The first-order valence-corrected chi connectivity index (χ1v) is 6.11. The summed E-state index contributed by atoms with van der Waals surface area (Å²) in [6.45, 7) is 6.34. The molecule has 0 amide bonds. The smallest absolute Gasteiger partial charge is 0.338 e. The summed E-state index contributed by atoms with van der Waals surface area (Å²) in [5.74, 6) is 0.154. The summed E-state index contributed by atoms with van der Waals surface area (Å²) in [6.07, 6.45) is 4.95. The van der Waals surface area contributed by atoms with Gasteiger partial charge in [-0.05, 0) is 30.9 Å². The third-order valence-corrected chi connectivity index (χ3v) is 2.66. The number of benzene rings is 1. The van der Waals surface area contributed by atoms with Crippen molar-refractivity contribution < 1.29 is 9.53 Å². The highest BCUT2D eigenvalue weighted by atomic mass is 16.5. The van der Waals surface area contributed by atoms with Crippen molar-refractivity contribution in [2.24, 2.45) is 5.92 Å². The molecule has 1 unspecified atom stereocenters. The van der Waals surface area contributed by atoms with E-state index in [2.05, 4.69) is 13.5 Å². The van der Waals surface area contributed by atoms with Crippen LogP contribution in [0.5, 0.6) is 0 Å². The molecule has 0 aromatic heterocycles. The molecule has 1 rings (SSSR count). The second-order valence-electron chi connectivity index (χ2n) is 4.14. The lowest BCUT2D eigenvalue weighted by Crippen LogP contribution is -2.14. The van der Waals surface area contributed by atoms with E-state index in [1.807, 2.05) is 24.3 Å². The SMILES string of the molecule is C=CCC(CCC)COC(=O)c1ccccc1. The summed E-state index contributed by atoms with van der Waals surface area (Å²) in [7, 11) is 0. The first-order chi connectivity index (χ1) is 8.27. The Balaban J connectivity index is 2.43. The van der Waals surface area contributed by atoms with Gasteiger partial charge < -0.3 is 4.74 Å². The largest absolute Gasteiger partial charge is 0.462 e. The van der Waals surface area contributed by atoms with E-state index in [1.165, 1.54) is 0 Å². The average Bonchev–Trinajstić information content (AvgIpc) is 2.37. The zero-order valence-corrected chi connectivity index (χ0v) is 10.4. The van der Waals surface area contributed by atoms with Crippen molar-refractivity contribution in [2.45, 2.75) is 26.2 Å². The molecule has 2 nitrogen and oxygen atoms in total. The normalized spacial score (nSPS) is 11.8. The highest BCUT2D eigenvalue weighted by Gasteiger charge is 2.11. The number of hydrogen-bond donors (Lipinski definition) is 0. The lowest BCUT2D eigenvalue weighted by atomic mass is 10.0. The molecule has 0 fully saturated rings. The molecule has 1 aromatic carbocycles. The highest BCUT2D eigenvalue weighted by Crippen LogP contribution is 2.13. The Labute approximate surface area is 103 Å². The van der Waals surface area contributed by atoms with Crippen LogP contribution < -0.4 is 0 Å². The standard InChI is InChI=1S/C15H20O2/c1-3-8-13(9-4-2)12-17-15(16)14-10-6-5-7-11-14/h3,5-7,10-11,13H,1,4,8-9,12H2,2H3. The van der Waals surface area contributed by atoms with Gasteiger partial charge >= 0.3 is 5.97 Å². The second-order valence-corrected chi connectivity index (χ2v) is 4.14. The average molecular weight is 232 g/mol. The molecular weight excluding hydrogens is 212 g/mol. The van der Waals surface area contributed by atoms with Gasteiger partial charge in [-0.15, -0.1) is 6.58 Å². The lowest BCUT2D eigenvalue weighted by molar-refractivity contribution is 0.0433. The molecule has 0 radical (unpaired) electrons. The number of ether oxygens (including phenoxy) is 1. The van der Waals surface area contributed by atoms with Crippen LogP contribution >= 0.6 is 0 Å². The number of carbonyl (C=O) groups excluding carboxylic acids is 1. The van der Waals surface area contributed by atoms with Gasteiger partial charge in [0.1, 0.15) is 0 Å². The van der Waals surface area contributed by atoms with Crippen molar-refractivity contribution in [3.8, 4) is 0 Å². The molecule has 0 aliphatic heterocycles. The van der Waals surface area contributed by atoms with Crippen LogP contribution in [0.15, 0.2) is 43.0 Å². The zero-order valence-electron chi connectivity index (χ0n) is 10.4. The Morgan fingerprint density at radius 1 is 1.41 bits per heavy atom. The lowest BCUT2D eigenvalue weighted by Gasteiger charge is -2.14. The summed E-state index contributed by atoms with van der Waals surface area (Å²) < 4.78 is 5.31. The van der Waals surface area contributed by atoms with E-state index < -0.39 is 0 Å². The van der Waals surface area contributed by atoms with Crippen LogP contribution in [0.1, 0.15) is 36.5 Å². The van der Waals surface area contributed by atoms with Crippen molar-refractivity contribution in [1.82, 2.24) is 0 Å². The van der Waals surface area contributed by atoms with Crippen LogP contribution in [0.3, 0.4) is 0 Å². The number of esters is 1. The van der Waals surface area contributed by atoms with Crippen LogP contribution in [0.25, 0.3) is 0 Å². The third-order valence-electron chi connectivity index (χ3n) is 2.66. The summed E-state index contributed by atoms with van der Waals surface area (Å²) >= 11 is 0. The third kappa shape index (κ3) is 4.85. The molecule has 0 saturated heterocycles. The van der Waals surface area contributed by atoms with Gasteiger partial charge in [-0.3, -0.25) is 0 Å². The van der Waals surface area contributed by atoms with Crippen molar-refractivity contribution in [3.63, 3.8) is 0 Å². The summed E-state index contributed by atoms with van der Waals surface area (Å²) in [5, 5.41) is 0. The van der Waals surface area contributed by atoms with Crippen LogP contribution in [-0.2, 0) is 4.74 Å². The van der Waals surface area contributed by atoms with Gasteiger partial charge in [0.15, 0.2) is 0 Å². The van der Waals surface area contributed by atoms with E-state index in [0.717, 1.165) is 19.3 Å². The van der Waals surface area contributed by atoms with Crippen molar-refractivity contribution in [3.05, 3.63) is 48.6 Å². The first kappa shape index (κ1) is 13.5. The Hall–Kier alpha value is -1.57. The quantitative estimate of drug-likeness (QED) is 0.527. The number of rotatable bonds is 7. The van der Waals surface area contributed by atoms with E-state index >= 15 is 0 Å². The first-order valence-electron chi connectivity index (χ1n) is 6.11. The molecule has 0 aliphatic carbocycles. The predicted octanol–water partition coefficient (Wildman–Crippen LogP) is 3.84. The van der Waals surface area contributed by atoms with Gasteiger partial charge in [-0.1, -0.05) is 37.6 Å². The Morgan fingerprint density at radius 2 is 2.12 bits per heavy atom. The van der Waals surface area contributed by atoms with Crippen molar-refractivity contribution in [2.75, 3.05) is 6.61 Å². The maximum atomic E-state index is 11.7. The van der Waals surface area contributed by atoms with Gasteiger partial charge in [0.2, 0.25) is 0 Å². The second kappa shape index (κ2) is 7.66. The van der Waals surface area contributed by atoms with Crippen molar-refractivity contribution >= 4 is 5.97 Å². The number of carbonyl (C=O) groups is 1. The van der Waals surface area contributed by atoms with Crippen LogP contribution in [0, 0.1) is 5.92 Å². The number of allylic oxidation sites excluding steroid dienone is 1. The van der Waals surface area contributed by atoms with Gasteiger partial charge in [0.25, 0.3) is 0 Å². The topological polar surface area (TPSA) is 26.3 Å². The molecule has 0 heterocycles. The van der Waals surface area contributed by atoms with E-state index in [9.17, 15) is 4.79 Å². The van der Waals surface area contributed by atoms with Crippen LogP contribution in [-0.4, -0.2) is 12.6 Å². The molecule has 1 atom stereocenters. The molecule has 2 heteroatoms. The highest BCUT2D eigenvalue weighted by molar-refractivity contribution is 5.89. The minimum Gasteiger partial charge on any atom is -0.462 e.